The fourth-order valence-corrected chi connectivity index (χ4v) is 2.64. The maximum atomic E-state index is 13.7. The molecular formula is C14H12F3NS. The number of hydrogen-bond acceptors (Lipinski definition) is 2. The van der Waals surface area contributed by atoms with Crippen LogP contribution in [0.15, 0.2) is 46.2 Å². The molecule has 0 aromatic heterocycles. The van der Waals surface area contributed by atoms with E-state index < -0.39 is 11.6 Å². The first-order valence-electron chi connectivity index (χ1n) is 5.66. The van der Waals surface area contributed by atoms with Gasteiger partial charge in [-0.1, -0.05) is 17.8 Å². The van der Waals surface area contributed by atoms with Gasteiger partial charge in [-0.2, -0.15) is 0 Å². The minimum atomic E-state index is -0.906. The van der Waals surface area contributed by atoms with Crippen LogP contribution in [0.25, 0.3) is 0 Å². The monoisotopic (exact) mass is 283 g/mol. The zero-order chi connectivity index (χ0) is 13.8. The lowest BCUT2D eigenvalue weighted by Crippen LogP contribution is -2.08. The molecule has 0 bridgehead atoms. The second-order valence-corrected chi connectivity index (χ2v) is 5.04. The molecular weight excluding hydrogens is 271 g/mol. The van der Waals surface area contributed by atoms with Crippen LogP contribution in [0.2, 0.25) is 0 Å². The summed E-state index contributed by atoms with van der Waals surface area (Å²) in [6.45, 7) is 0.374. The molecule has 0 spiro atoms. The molecule has 0 heterocycles. The zero-order valence-corrected chi connectivity index (χ0v) is 11.0. The lowest BCUT2D eigenvalue weighted by atomic mass is 10.2. The van der Waals surface area contributed by atoms with E-state index in [9.17, 15) is 13.2 Å². The van der Waals surface area contributed by atoms with Gasteiger partial charge in [0, 0.05) is 21.9 Å². The Hall–Kier alpha value is -1.46. The number of benzene rings is 2. The van der Waals surface area contributed by atoms with Crippen molar-refractivity contribution in [1.29, 1.82) is 0 Å². The standard InChI is InChI=1S/C14H12F3NS/c1-18-8-10-11(15)3-2-4-14(10)19-9-5-6-12(16)13(17)7-9/h2-7,18H,8H2,1H3. The summed E-state index contributed by atoms with van der Waals surface area (Å²) in [4.78, 5) is 1.21. The molecule has 1 nitrogen and oxygen atoms in total. The quantitative estimate of drug-likeness (QED) is 0.911. The Kier molecular flexibility index (Phi) is 4.50. The lowest BCUT2D eigenvalue weighted by molar-refractivity contribution is 0.506. The third-order valence-electron chi connectivity index (χ3n) is 2.55. The fourth-order valence-electron chi connectivity index (χ4n) is 1.65. The van der Waals surface area contributed by atoms with Gasteiger partial charge in [0.2, 0.25) is 0 Å². The summed E-state index contributed by atoms with van der Waals surface area (Å²) in [6, 6.07) is 8.36. The highest BCUT2D eigenvalue weighted by Gasteiger charge is 2.10. The summed E-state index contributed by atoms with van der Waals surface area (Å²) < 4.78 is 39.7. The van der Waals surface area contributed by atoms with E-state index in [1.165, 1.54) is 23.9 Å². The van der Waals surface area contributed by atoms with Crippen LogP contribution in [-0.2, 0) is 6.54 Å². The van der Waals surface area contributed by atoms with Crippen molar-refractivity contribution in [2.45, 2.75) is 16.3 Å². The zero-order valence-electron chi connectivity index (χ0n) is 10.2. The SMILES string of the molecule is CNCc1c(F)cccc1Sc1ccc(F)c(F)c1. The number of hydrogen-bond donors (Lipinski definition) is 1. The third-order valence-corrected chi connectivity index (χ3v) is 3.64. The Morgan fingerprint density at radius 1 is 1.00 bits per heavy atom. The van der Waals surface area contributed by atoms with Crippen LogP contribution < -0.4 is 5.32 Å². The van der Waals surface area contributed by atoms with Gasteiger partial charge in [-0.25, -0.2) is 13.2 Å². The van der Waals surface area contributed by atoms with E-state index in [4.69, 9.17) is 0 Å². The van der Waals surface area contributed by atoms with E-state index in [1.807, 2.05) is 0 Å². The molecule has 0 fully saturated rings. The smallest absolute Gasteiger partial charge is 0.159 e. The van der Waals surface area contributed by atoms with Gasteiger partial charge >= 0.3 is 0 Å². The van der Waals surface area contributed by atoms with Crippen LogP contribution in [0.4, 0.5) is 13.2 Å². The van der Waals surface area contributed by atoms with E-state index in [-0.39, 0.29) is 5.82 Å². The highest BCUT2D eigenvalue weighted by molar-refractivity contribution is 7.99. The van der Waals surface area contributed by atoms with Crippen molar-refractivity contribution in [3.8, 4) is 0 Å². The highest BCUT2D eigenvalue weighted by atomic mass is 32.2. The molecule has 1 N–H and O–H groups in total. The molecule has 2 aromatic carbocycles. The van der Waals surface area contributed by atoms with Gasteiger partial charge in [0.1, 0.15) is 5.82 Å². The first-order chi connectivity index (χ1) is 9.11. The number of nitrogens with one attached hydrogen (secondary N) is 1. The Morgan fingerprint density at radius 2 is 1.79 bits per heavy atom. The molecule has 0 aliphatic heterocycles. The summed E-state index contributed by atoms with van der Waals surface area (Å²) in [7, 11) is 1.72. The topological polar surface area (TPSA) is 12.0 Å². The molecule has 100 valence electrons. The summed E-state index contributed by atoms with van der Waals surface area (Å²) in [5.41, 5.74) is 0.514. The van der Waals surface area contributed by atoms with Crippen molar-refractivity contribution < 1.29 is 13.2 Å². The molecule has 5 heteroatoms. The second-order valence-electron chi connectivity index (χ2n) is 3.92. The van der Waals surface area contributed by atoms with E-state index in [1.54, 1.807) is 19.2 Å². The van der Waals surface area contributed by atoms with E-state index >= 15 is 0 Å². The molecule has 0 unspecified atom stereocenters. The molecule has 19 heavy (non-hydrogen) atoms. The number of halogens is 3. The van der Waals surface area contributed by atoms with Crippen LogP contribution in [0.3, 0.4) is 0 Å². The first-order valence-corrected chi connectivity index (χ1v) is 6.48. The molecule has 0 aliphatic rings. The first kappa shape index (κ1) is 14.0. The van der Waals surface area contributed by atoms with Crippen LogP contribution >= 0.6 is 11.8 Å². The third kappa shape index (κ3) is 3.30. The van der Waals surface area contributed by atoms with Gasteiger partial charge in [-0.05, 0) is 37.4 Å². The number of rotatable bonds is 4. The fraction of sp³-hybridized carbons (Fsp3) is 0.143. The van der Waals surface area contributed by atoms with Gasteiger partial charge < -0.3 is 5.32 Å². The van der Waals surface area contributed by atoms with Crippen molar-refractivity contribution in [3.05, 3.63) is 59.4 Å². The maximum Gasteiger partial charge on any atom is 0.159 e. The molecule has 0 radical (unpaired) electrons. The molecule has 0 aliphatic carbocycles. The summed E-state index contributed by atoms with van der Waals surface area (Å²) in [5.74, 6) is -2.11. The Labute approximate surface area is 113 Å². The largest absolute Gasteiger partial charge is 0.316 e. The predicted octanol–water partition coefficient (Wildman–Crippen LogP) is 3.97. The van der Waals surface area contributed by atoms with E-state index in [0.717, 1.165) is 12.1 Å². The minimum Gasteiger partial charge on any atom is -0.316 e. The molecule has 2 rings (SSSR count). The van der Waals surface area contributed by atoms with Gasteiger partial charge in [0.25, 0.3) is 0 Å². The summed E-state index contributed by atoms with van der Waals surface area (Å²) in [6.07, 6.45) is 0. The molecule has 0 saturated heterocycles. The van der Waals surface area contributed by atoms with E-state index in [2.05, 4.69) is 5.32 Å². The summed E-state index contributed by atoms with van der Waals surface area (Å²) in [5, 5.41) is 2.88. The van der Waals surface area contributed by atoms with Crippen molar-refractivity contribution >= 4 is 11.8 Å². The average Bonchev–Trinajstić information content (AvgIpc) is 2.38. The Morgan fingerprint density at radius 3 is 2.47 bits per heavy atom. The van der Waals surface area contributed by atoms with Crippen molar-refractivity contribution in [2.75, 3.05) is 7.05 Å². The van der Waals surface area contributed by atoms with Gasteiger partial charge in [-0.3, -0.25) is 0 Å². The lowest BCUT2D eigenvalue weighted by Gasteiger charge is -2.10. The van der Waals surface area contributed by atoms with Crippen molar-refractivity contribution in [2.24, 2.45) is 0 Å². The molecule has 0 saturated carbocycles. The van der Waals surface area contributed by atoms with Gasteiger partial charge in [-0.15, -0.1) is 0 Å². The highest BCUT2D eigenvalue weighted by Crippen LogP contribution is 2.32. The van der Waals surface area contributed by atoms with E-state index in [0.29, 0.717) is 21.9 Å². The van der Waals surface area contributed by atoms with Crippen LogP contribution in [0.5, 0.6) is 0 Å². The maximum absolute atomic E-state index is 13.7. The van der Waals surface area contributed by atoms with Gasteiger partial charge in [0.05, 0.1) is 0 Å². The summed E-state index contributed by atoms with van der Waals surface area (Å²) >= 11 is 1.20. The van der Waals surface area contributed by atoms with Crippen molar-refractivity contribution in [1.82, 2.24) is 5.32 Å². The second kappa shape index (κ2) is 6.12. The van der Waals surface area contributed by atoms with Crippen LogP contribution in [-0.4, -0.2) is 7.05 Å². The van der Waals surface area contributed by atoms with Gasteiger partial charge in [0.15, 0.2) is 11.6 Å². The molecule has 2 aromatic rings. The normalized spacial score (nSPS) is 10.7. The predicted molar refractivity (Wildman–Crippen MR) is 69.6 cm³/mol. The average molecular weight is 283 g/mol. The van der Waals surface area contributed by atoms with Crippen molar-refractivity contribution in [3.63, 3.8) is 0 Å². The van der Waals surface area contributed by atoms with Crippen LogP contribution in [0, 0.1) is 17.5 Å². The molecule has 0 amide bonds. The minimum absolute atomic E-state index is 0.318. The van der Waals surface area contributed by atoms with Crippen LogP contribution in [0.1, 0.15) is 5.56 Å². The Bertz CT molecular complexity index is 587. The Balaban J connectivity index is 2.32. The molecule has 0 atom stereocenters.